The molecule has 0 fully saturated rings. The van der Waals surface area contributed by atoms with E-state index in [4.69, 9.17) is 16.3 Å². The first-order chi connectivity index (χ1) is 11.9. The molecule has 1 heterocycles. The van der Waals surface area contributed by atoms with Crippen molar-refractivity contribution in [3.05, 3.63) is 57.9 Å². The van der Waals surface area contributed by atoms with Gasteiger partial charge in [0.2, 0.25) is 0 Å². The van der Waals surface area contributed by atoms with Crippen LogP contribution in [0.1, 0.15) is 22.5 Å². The first-order valence-corrected chi connectivity index (χ1v) is 8.13. The monoisotopic (exact) mass is 361 g/mol. The van der Waals surface area contributed by atoms with Crippen LogP contribution in [0.2, 0.25) is 5.02 Å². The van der Waals surface area contributed by atoms with Gasteiger partial charge in [-0.25, -0.2) is 4.79 Å². The Morgan fingerprint density at radius 1 is 1.32 bits per heavy atom. The maximum Gasteiger partial charge on any atom is 0.331 e. The highest BCUT2D eigenvalue weighted by atomic mass is 35.5. The summed E-state index contributed by atoms with van der Waals surface area (Å²) in [7, 11) is 1.48. The zero-order valence-electron chi connectivity index (χ0n) is 14.4. The number of halogens is 1. The summed E-state index contributed by atoms with van der Waals surface area (Å²) in [6.07, 6.45) is 2.94. The van der Waals surface area contributed by atoms with Gasteiger partial charge < -0.3 is 10.1 Å². The number of nitrogens with zero attached hydrogens (tertiary/aromatic N) is 2. The predicted octanol–water partition coefficient (Wildman–Crippen LogP) is 2.50. The minimum Gasteiger partial charge on any atom is -0.452 e. The average Bonchev–Trinajstić information content (AvgIpc) is 2.86. The molecule has 7 heteroatoms. The summed E-state index contributed by atoms with van der Waals surface area (Å²) in [5, 5.41) is 7.57. The number of ether oxygens (including phenoxy) is 1. The molecular weight excluding hydrogens is 342 g/mol. The van der Waals surface area contributed by atoms with Crippen molar-refractivity contribution >= 4 is 29.6 Å². The molecule has 2 aromatic rings. The SMILES string of the molecule is CNC(=O)COC(=O)/C=C/c1c(C)nn(Cc2ccccc2Cl)c1C. The van der Waals surface area contributed by atoms with E-state index in [0.29, 0.717) is 11.6 Å². The van der Waals surface area contributed by atoms with E-state index >= 15 is 0 Å². The molecule has 0 aliphatic heterocycles. The molecule has 1 aromatic carbocycles. The first kappa shape index (κ1) is 18.7. The second kappa shape index (κ2) is 8.48. The Hall–Kier alpha value is -2.60. The van der Waals surface area contributed by atoms with Crippen LogP contribution in [0.4, 0.5) is 0 Å². The van der Waals surface area contributed by atoms with E-state index in [2.05, 4.69) is 10.4 Å². The molecule has 6 nitrogen and oxygen atoms in total. The maximum absolute atomic E-state index is 11.7. The Balaban J connectivity index is 2.11. The summed E-state index contributed by atoms with van der Waals surface area (Å²) in [6.45, 7) is 4.03. The number of aryl methyl sites for hydroxylation is 1. The normalized spacial score (nSPS) is 10.9. The summed E-state index contributed by atoms with van der Waals surface area (Å²) in [5.74, 6) is -0.942. The topological polar surface area (TPSA) is 73.2 Å². The standard InChI is InChI=1S/C18H20ClN3O3/c1-12-15(8-9-18(24)25-11-17(23)20-3)13(2)22(21-12)10-14-6-4-5-7-16(14)19/h4-9H,10-11H2,1-3H3,(H,20,23)/b9-8+. The summed E-state index contributed by atoms with van der Waals surface area (Å²) in [6, 6.07) is 7.60. The van der Waals surface area contributed by atoms with Gasteiger partial charge in [0.25, 0.3) is 5.91 Å². The quantitative estimate of drug-likeness (QED) is 0.633. The highest BCUT2D eigenvalue weighted by Gasteiger charge is 2.11. The minimum atomic E-state index is -0.582. The van der Waals surface area contributed by atoms with Crippen LogP contribution in [-0.2, 0) is 20.9 Å². The number of nitrogens with one attached hydrogen (secondary N) is 1. The molecule has 25 heavy (non-hydrogen) atoms. The van der Waals surface area contributed by atoms with Gasteiger partial charge in [-0.1, -0.05) is 29.8 Å². The Morgan fingerprint density at radius 2 is 2.04 bits per heavy atom. The lowest BCUT2D eigenvalue weighted by molar-refractivity contribution is -0.143. The Bertz CT molecular complexity index is 812. The fourth-order valence-corrected chi connectivity index (χ4v) is 2.50. The van der Waals surface area contributed by atoms with Gasteiger partial charge in [-0.15, -0.1) is 0 Å². The fraction of sp³-hybridized carbons (Fsp3) is 0.278. The highest BCUT2D eigenvalue weighted by molar-refractivity contribution is 6.31. The van der Waals surface area contributed by atoms with Crippen molar-refractivity contribution in [2.24, 2.45) is 0 Å². The average molecular weight is 362 g/mol. The molecule has 0 saturated heterocycles. The van der Waals surface area contributed by atoms with E-state index in [1.165, 1.54) is 13.1 Å². The van der Waals surface area contributed by atoms with E-state index in [-0.39, 0.29) is 12.5 Å². The van der Waals surface area contributed by atoms with Gasteiger partial charge >= 0.3 is 5.97 Å². The molecule has 132 valence electrons. The second-order valence-electron chi connectivity index (χ2n) is 5.45. The van der Waals surface area contributed by atoms with Crippen LogP contribution in [0.15, 0.2) is 30.3 Å². The Morgan fingerprint density at radius 3 is 2.72 bits per heavy atom. The lowest BCUT2D eigenvalue weighted by atomic mass is 10.1. The summed E-state index contributed by atoms with van der Waals surface area (Å²) >= 11 is 6.20. The molecule has 0 atom stereocenters. The van der Waals surface area contributed by atoms with Crippen molar-refractivity contribution in [2.75, 3.05) is 13.7 Å². The first-order valence-electron chi connectivity index (χ1n) is 7.75. The number of amides is 1. The van der Waals surface area contributed by atoms with Crippen LogP contribution in [0.5, 0.6) is 0 Å². The van der Waals surface area contributed by atoms with Gasteiger partial charge in [0, 0.05) is 29.4 Å². The number of likely N-dealkylation sites (N-methyl/N-ethyl adjacent to an activating group) is 1. The largest absolute Gasteiger partial charge is 0.452 e. The van der Waals surface area contributed by atoms with Gasteiger partial charge in [-0.05, 0) is 31.6 Å². The molecule has 1 aromatic heterocycles. The summed E-state index contributed by atoms with van der Waals surface area (Å²) < 4.78 is 6.67. The number of benzene rings is 1. The van der Waals surface area contributed by atoms with E-state index < -0.39 is 5.97 Å². The number of esters is 1. The molecule has 0 aliphatic carbocycles. The molecule has 0 radical (unpaired) electrons. The number of rotatable bonds is 6. The summed E-state index contributed by atoms with van der Waals surface area (Å²) in [4.78, 5) is 22.7. The minimum absolute atomic E-state index is 0.302. The van der Waals surface area contributed by atoms with Gasteiger partial charge in [0.1, 0.15) is 0 Å². The number of hydrogen-bond acceptors (Lipinski definition) is 4. The smallest absolute Gasteiger partial charge is 0.331 e. The van der Waals surface area contributed by atoms with Gasteiger partial charge in [-0.2, -0.15) is 5.10 Å². The van der Waals surface area contributed by atoms with Crippen molar-refractivity contribution in [2.45, 2.75) is 20.4 Å². The van der Waals surface area contributed by atoms with Gasteiger partial charge in [-0.3, -0.25) is 9.48 Å². The second-order valence-corrected chi connectivity index (χ2v) is 5.85. The fourth-order valence-electron chi connectivity index (χ4n) is 2.30. The molecule has 0 unspecified atom stereocenters. The lowest BCUT2D eigenvalue weighted by Crippen LogP contribution is -2.24. The summed E-state index contributed by atoms with van der Waals surface area (Å²) in [5.41, 5.74) is 3.51. The van der Waals surface area contributed by atoms with E-state index in [9.17, 15) is 9.59 Å². The van der Waals surface area contributed by atoms with E-state index in [0.717, 1.165) is 22.5 Å². The lowest BCUT2D eigenvalue weighted by Gasteiger charge is -2.06. The van der Waals surface area contributed by atoms with Crippen molar-refractivity contribution in [3.63, 3.8) is 0 Å². The molecule has 0 saturated carbocycles. The Kier molecular flexibility index (Phi) is 6.36. The molecule has 1 amide bonds. The van der Waals surface area contributed by atoms with Gasteiger partial charge in [0.15, 0.2) is 6.61 Å². The van der Waals surface area contributed by atoms with Crippen molar-refractivity contribution in [1.82, 2.24) is 15.1 Å². The Labute approximate surface area is 151 Å². The maximum atomic E-state index is 11.7. The van der Waals surface area contributed by atoms with Gasteiger partial charge in [0.05, 0.1) is 12.2 Å². The van der Waals surface area contributed by atoms with Crippen LogP contribution in [0.3, 0.4) is 0 Å². The molecule has 2 rings (SSSR count). The third-order valence-corrected chi connectivity index (χ3v) is 4.09. The third kappa shape index (κ3) is 4.93. The van der Waals surface area contributed by atoms with Crippen LogP contribution >= 0.6 is 11.6 Å². The number of hydrogen-bond donors (Lipinski definition) is 1. The van der Waals surface area contributed by atoms with E-state index in [1.807, 2.05) is 42.8 Å². The number of carbonyl (C=O) groups excluding carboxylic acids is 2. The van der Waals surface area contributed by atoms with Crippen LogP contribution in [-0.4, -0.2) is 35.3 Å². The molecule has 0 bridgehead atoms. The zero-order chi connectivity index (χ0) is 18.4. The van der Waals surface area contributed by atoms with Crippen molar-refractivity contribution in [3.8, 4) is 0 Å². The number of carbonyl (C=O) groups is 2. The number of aromatic nitrogens is 2. The van der Waals surface area contributed by atoms with Crippen LogP contribution in [0.25, 0.3) is 6.08 Å². The third-order valence-electron chi connectivity index (χ3n) is 3.73. The highest BCUT2D eigenvalue weighted by Crippen LogP contribution is 2.20. The zero-order valence-corrected chi connectivity index (χ0v) is 15.1. The van der Waals surface area contributed by atoms with E-state index in [1.54, 1.807) is 6.08 Å². The van der Waals surface area contributed by atoms with Crippen molar-refractivity contribution < 1.29 is 14.3 Å². The van der Waals surface area contributed by atoms with Crippen molar-refractivity contribution in [1.29, 1.82) is 0 Å². The van der Waals surface area contributed by atoms with Crippen LogP contribution in [0, 0.1) is 13.8 Å². The molecular formula is C18H20ClN3O3. The molecule has 0 spiro atoms. The molecule has 1 N–H and O–H groups in total. The predicted molar refractivity (Wildman–Crippen MR) is 96.3 cm³/mol. The molecule has 0 aliphatic rings. The van der Waals surface area contributed by atoms with Crippen LogP contribution < -0.4 is 5.32 Å².